The number of anilines is 2. The Morgan fingerprint density at radius 3 is 2.47 bits per heavy atom. The number of nitrogens with zero attached hydrogens (tertiary/aromatic N) is 1. The molecule has 2 aromatic rings. The summed E-state index contributed by atoms with van der Waals surface area (Å²) in [6.07, 6.45) is -0.174. The van der Waals surface area contributed by atoms with Gasteiger partial charge in [0.25, 0.3) is 0 Å². The average molecular weight is 259 g/mol. The lowest BCUT2D eigenvalue weighted by molar-refractivity contribution is -0.136. The molecule has 0 saturated carbocycles. The first-order valence-electron chi connectivity index (χ1n) is 5.87. The van der Waals surface area contributed by atoms with Crippen LogP contribution in [-0.2, 0) is 11.2 Å². The molecule has 0 aliphatic heterocycles. The van der Waals surface area contributed by atoms with E-state index in [0.29, 0.717) is 11.3 Å². The van der Waals surface area contributed by atoms with E-state index < -0.39 is 11.8 Å². The van der Waals surface area contributed by atoms with Gasteiger partial charge in [0.05, 0.1) is 12.1 Å². The molecule has 0 saturated heterocycles. The normalized spacial score (nSPS) is 10.2. The summed E-state index contributed by atoms with van der Waals surface area (Å²) in [5.41, 5.74) is 1.74. The van der Waals surface area contributed by atoms with Gasteiger partial charge in [0.2, 0.25) is 0 Å². The van der Waals surface area contributed by atoms with Crippen molar-refractivity contribution in [2.75, 3.05) is 11.9 Å². The number of rotatable bonds is 4. The first-order chi connectivity index (χ1) is 9.08. The molecule has 2 aromatic carbocycles. The molecule has 0 atom stereocenters. The van der Waals surface area contributed by atoms with Crippen LogP contribution in [0.1, 0.15) is 5.56 Å². The first kappa shape index (κ1) is 13.1. The van der Waals surface area contributed by atoms with Crippen LogP contribution in [0.2, 0.25) is 0 Å². The molecular weight excluding hydrogens is 245 g/mol. The Morgan fingerprint density at radius 2 is 1.89 bits per heavy atom. The Kier molecular flexibility index (Phi) is 3.80. The predicted octanol–water partition coefficient (Wildman–Crippen LogP) is 3.22. The zero-order chi connectivity index (χ0) is 13.8. The average Bonchev–Trinajstić information content (AvgIpc) is 2.38. The number of para-hydroxylation sites is 1. The number of benzene rings is 2. The monoisotopic (exact) mass is 259 g/mol. The zero-order valence-corrected chi connectivity index (χ0v) is 10.5. The third-order valence-electron chi connectivity index (χ3n) is 2.87. The maximum Gasteiger partial charge on any atom is 0.307 e. The van der Waals surface area contributed by atoms with E-state index in [1.54, 1.807) is 24.1 Å². The molecule has 0 aliphatic carbocycles. The summed E-state index contributed by atoms with van der Waals surface area (Å²) in [4.78, 5) is 12.3. The third kappa shape index (κ3) is 3.10. The van der Waals surface area contributed by atoms with Gasteiger partial charge in [-0.15, -0.1) is 0 Å². The smallest absolute Gasteiger partial charge is 0.307 e. The molecule has 0 fully saturated rings. The molecule has 0 heterocycles. The van der Waals surface area contributed by atoms with Crippen LogP contribution < -0.4 is 4.90 Å². The lowest BCUT2D eigenvalue weighted by atomic mass is 10.1. The summed E-state index contributed by atoms with van der Waals surface area (Å²) in [6, 6.07) is 13.9. The van der Waals surface area contributed by atoms with Crippen LogP contribution in [0.5, 0.6) is 0 Å². The minimum Gasteiger partial charge on any atom is -0.481 e. The van der Waals surface area contributed by atoms with E-state index in [4.69, 9.17) is 5.11 Å². The van der Waals surface area contributed by atoms with Gasteiger partial charge in [-0.3, -0.25) is 4.79 Å². The zero-order valence-electron chi connectivity index (χ0n) is 10.5. The molecule has 2 rings (SSSR count). The second-order valence-electron chi connectivity index (χ2n) is 4.25. The van der Waals surface area contributed by atoms with Crippen LogP contribution in [0.25, 0.3) is 0 Å². The molecule has 0 amide bonds. The highest BCUT2D eigenvalue weighted by molar-refractivity contribution is 5.71. The van der Waals surface area contributed by atoms with Gasteiger partial charge >= 0.3 is 5.97 Å². The summed E-state index contributed by atoms with van der Waals surface area (Å²) >= 11 is 0. The second kappa shape index (κ2) is 5.52. The lowest BCUT2D eigenvalue weighted by Gasteiger charge is -2.20. The summed E-state index contributed by atoms with van der Waals surface area (Å²) in [7, 11) is 1.77. The van der Waals surface area contributed by atoms with E-state index >= 15 is 0 Å². The highest BCUT2D eigenvalue weighted by atomic mass is 19.1. The summed E-state index contributed by atoms with van der Waals surface area (Å²) in [5, 5.41) is 8.68. The molecule has 0 unspecified atom stereocenters. The van der Waals surface area contributed by atoms with Crippen LogP contribution in [0.3, 0.4) is 0 Å². The summed E-state index contributed by atoms with van der Waals surface area (Å²) in [5.74, 6) is -1.39. The second-order valence-corrected chi connectivity index (χ2v) is 4.25. The number of carbonyl (C=O) groups is 1. The van der Waals surface area contributed by atoms with Gasteiger partial charge in [0.1, 0.15) is 5.82 Å². The van der Waals surface area contributed by atoms with Gasteiger partial charge in [0, 0.05) is 12.7 Å². The van der Waals surface area contributed by atoms with Crippen LogP contribution >= 0.6 is 0 Å². The van der Waals surface area contributed by atoms with Crippen LogP contribution in [0, 0.1) is 5.82 Å². The highest BCUT2D eigenvalue weighted by Crippen LogP contribution is 2.26. The Balaban J connectivity index is 2.28. The molecule has 4 heteroatoms. The van der Waals surface area contributed by atoms with Gasteiger partial charge in [-0.1, -0.05) is 24.3 Å². The molecule has 0 aromatic heterocycles. The standard InChI is InChI=1S/C15H14FNO2/c1-17(12-5-3-2-4-6-12)14-8-7-11(9-13(14)16)10-15(18)19/h2-9H,10H2,1H3,(H,18,19). The fraction of sp³-hybridized carbons (Fsp3) is 0.133. The van der Waals surface area contributed by atoms with Crippen molar-refractivity contribution in [2.45, 2.75) is 6.42 Å². The van der Waals surface area contributed by atoms with E-state index in [9.17, 15) is 9.18 Å². The van der Waals surface area contributed by atoms with E-state index in [1.807, 2.05) is 30.3 Å². The molecule has 0 aliphatic rings. The predicted molar refractivity (Wildman–Crippen MR) is 72.2 cm³/mol. The molecule has 0 bridgehead atoms. The van der Waals surface area contributed by atoms with E-state index in [-0.39, 0.29) is 6.42 Å². The Bertz CT molecular complexity index is 584. The van der Waals surface area contributed by atoms with Crippen molar-refractivity contribution < 1.29 is 14.3 Å². The lowest BCUT2D eigenvalue weighted by Crippen LogP contribution is -2.11. The van der Waals surface area contributed by atoms with Gasteiger partial charge in [-0.05, 0) is 29.8 Å². The minimum atomic E-state index is -0.969. The molecular formula is C15H14FNO2. The third-order valence-corrected chi connectivity index (χ3v) is 2.87. The number of hydrogen-bond acceptors (Lipinski definition) is 2. The van der Waals surface area contributed by atoms with Gasteiger partial charge in [0.15, 0.2) is 0 Å². The van der Waals surface area contributed by atoms with E-state index in [1.165, 1.54) is 6.07 Å². The fourth-order valence-corrected chi connectivity index (χ4v) is 1.90. The number of aliphatic carboxylic acids is 1. The molecule has 98 valence electrons. The minimum absolute atomic E-state index is 0.174. The summed E-state index contributed by atoms with van der Waals surface area (Å²) in [6.45, 7) is 0. The maximum absolute atomic E-state index is 14.0. The number of carboxylic acid groups (broad SMARTS) is 1. The molecule has 3 nitrogen and oxygen atoms in total. The van der Waals surface area contributed by atoms with E-state index in [2.05, 4.69) is 0 Å². The number of carboxylic acids is 1. The van der Waals surface area contributed by atoms with Gasteiger partial charge < -0.3 is 10.0 Å². The van der Waals surface area contributed by atoms with Crippen molar-refractivity contribution in [3.8, 4) is 0 Å². The van der Waals surface area contributed by atoms with Crippen LogP contribution in [0.4, 0.5) is 15.8 Å². The van der Waals surface area contributed by atoms with Crippen LogP contribution in [-0.4, -0.2) is 18.1 Å². The van der Waals surface area contributed by atoms with Crippen molar-refractivity contribution in [1.82, 2.24) is 0 Å². The van der Waals surface area contributed by atoms with Crippen molar-refractivity contribution in [3.05, 3.63) is 59.9 Å². The van der Waals surface area contributed by atoms with Crippen molar-refractivity contribution in [2.24, 2.45) is 0 Å². The molecule has 0 spiro atoms. The SMILES string of the molecule is CN(c1ccccc1)c1ccc(CC(=O)O)cc1F. The number of hydrogen-bond donors (Lipinski definition) is 1. The Labute approximate surface area is 110 Å². The quantitative estimate of drug-likeness (QED) is 0.916. The Hall–Kier alpha value is -2.36. The molecule has 19 heavy (non-hydrogen) atoms. The Morgan fingerprint density at radius 1 is 1.21 bits per heavy atom. The van der Waals surface area contributed by atoms with E-state index in [0.717, 1.165) is 5.69 Å². The fourth-order valence-electron chi connectivity index (χ4n) is 1.90. The largest absolute Gasteiger partial charge is 0.481 e. The maximum atomic E-state index is 14.0. The number of halogens is 1. The molecule has 0 radical (unpaired) electrons. The van der Waals surface area contributed by atoms with Crippen molar-refractivity contribution in [1.29, 1.82) is 0 Å². The van der Waals surface area contributed by atoms with Gasteiger partial charge in [-0.25, -0.2) is 4.39 Å². The first-order valence-corrected chi connectivity index (χ1v) is 5.87. The van der Waals surface area contributed by atoms with Crippen molar-refractivity contribution in [3.63, 3.8) is 0 Å². The van der Waals surface area contributed by atoms with Gasteiger partial charge in [-0.2, -0.15) is 0 Å². The summed E-state index contributed by atoms with van der Waals surface area (Å²) < 4.78 is 14.0. The highest BCUT2D eigenvalue weighted by Gasteiger charge is 2.11. The van der Waals surface area contributed by atoms with Crippen molar-refractivity contribution >= 4 is 17.3 Å². The topological polar surface area (TPSA) is 40.5 Å². The van der Waals surface area contributed by atoms with Crippen LogP contribution in [0.15, 0.2) is 48.5 Å². The molecule has 1 N–H and O–H groups in total.